The second kappa shape index (κ2) is 6.54. The number of anilines is 2. The molecule has 2 aromatic carbocycles. The number of rotatable bonds is 4. The van der Waals surface area contributed by atoms with Crippen LogP contribution in [0.4, 0.5) is 15.8 Å². The van der Waals surface area contributed by atoms with Crippen molar-refractivity contribution in [2.24, 2.45) is 0 Å². The summed E-state index contributed by atoms with van der Waals surface area (Å²) in [4.78, 5) is 2.00. The van der Waals surface area contributed by atoms with Crippen LogP contribution in [0.25, 0.3) is 0 Å². The van der Waals surface area contributed by atoms with Crippen LogP contribution in [-0.4, -0.2) is 14.1 Å². The second-order valence-electron chi connectivity index (χ2n) is 5.10. The van der Waals surface area contributed by atoms with Crippen LogP contribution >= 0.6 is 23.2 Å². The Balaban J connectivity index is 2.28. The Morgan fingerprint density at radius 3 is 2.43 bits per heavy atom. The fraction of sp³-hybridized carbons (Fsp3) is 0.250. The number of halogens is 3. The van der Waals surface area contributed by atoms with Crippen LogP contribution in [0.1, 0.15) is 18.5 Å². The molecule has 21 heavy (non-hydrogen) atoms. The number of benzene rings is 2. The Labute approximate surface area is 134 Å². The highest BCUT2D eigenvalue weighted by Crippen LogP contribution is 2.31. The van der Waals surface area contributed by atoms with E-state index in [1.807, 2.05) is 44.1 Å². The first-order valence-corrected chi connectivity index (χ1v) is 7.32. The fourth-order valence-electron chi connectivity index (χ4n) is 2.11. The summed E-state index contributed by atoms with van der Waals surface area (Å²) < 4.78 is 13.2. The predicted octanol–water partition coefficient (Wildman–Crippen LogP) is 5.37. The van der Waals surface area contributed by atoms with E-state index in [0.717, 1.165) is 16.9 Å². The lowest BCUT2D eigenvalue weighted by Gasteiger charge is -2.22. The van der Waals surface area contributed by atoms with Gasteiger partial charge in [-0.1, -0.05) is 29.3 Å². The monoisotopic (exact) mass is 326 g/mol. The van der Waals surface area contributed by atoms with Gasteiger partial charge in [-0.15, -0.1) is 0 Å². The van der Waals surface area contributed by atoms with Gasteiger partial charge in [0.05, 0.1) is 16.4 Å². The topological polar surface area (TPSA) is 15.3 Å². The smallest absolute Gasteiger partial charge is 0.141 e. The minimum atomic E-state index is -0.413. The molecule has 112 valence electrons. The van der Waals surface area contributed by atoms with Crippen molar-refractivity contribution >= 4 is 34.6 Å². The van der Waals surface area contributed by atoms with Gasteiger partial charge in [-0.25, -0.2) is 4.39 Å². The van der Waals surface area contributed by atoms with E-state index in [4.69, 9.17) is 23.2 Å². The molecule has 1 atom stereocenters. The molecule has 0 radical (unpaired) electrons. The normalized spacial score (nSPS) is 12.1. The van der Waals surface area contributed by atoms with E-state index in [0.29, 0.717) is 5.02 Å². The molecular weight excluding hydrogens is 310 g/mol. The number of hydrogen-bond acceptors (Lipinski definition) is 2. The average Bonchev–Trinajstić information content (AvgIpc) is 2.41. The van der Waals surface area contributed by atoms with E-state index in [9.17, 15) is 4.39 Å². The first kappa shape index (κ1) is 15.9. The molecule has 0 aliphatic carbocycles. The van der Waals surface area contributed by atoms with Crippen molar-refractivity contribution in [3.05, 3.63) is 57.8 Å². The summed E-state index contributed by atoms with van der Waals surface area (Å²) in [5.41, 5.74) is 2.85. The van der Waals surface area contributed by atoms with Crippen LogP contribution in [0.2, 0.25) is 10.0 Å². The largest absolute Gasteiger partial charge is 0.377 e. The summed E-state index contributed by atoms with van der Waals surface area (Å²) in [7, 11) is 3.93. The van der Waals surface area contributed by atoms with E-state index in [1.165, 1.54) is 6.07 Å². The van der Waals surface area contributed by atoms with Crippen molar-refractivity contribution in [1.82, 2.24) is 0 Å². The molecule has 2 aromatic rings. The van der Waals surface area contributed by atoms with Crippen LogP contribution in [-0.2, 0) is 0 Å². The second-order valence-corrected chi connectivity index (χ2v) is 5.94. The molecule has 0 saturated heterocycles. The van der Waals surface area contributed by atoms with Crippen LogP contribution in [0.15, 0.2) is 36.4 Å². The Morgan fingerprint density at radius 2 is 1.81 bits per heavy atom. The average molecular weight is 327 g/mol. The van der Waals surface area contributed by atoms with Crippen molar-refractivity contribution < 1.29 is 4.39 Å². The molecule has 2 nitrogen and oxygen atoms in total. The van der Waals surface area contributed by atoms with Gasteiger partial charge in [0.2, 0.25) is 0 Å². The third kappa shape index (κ3) is 3.80. The molecular formula is C16H17Cl2FN2. The summed E-state index contributed by atoms with van der Waals surface area (Å²) in [5, 5.41) is 4.17. The van der Waals surface area contributed by atoms with Crippen molar-refractivity contribution in [1.29, 1.82) is 0 Å². The zero-order valence-electron chi connectivity index (χ0n) is 12.1. The Hall–Kier alpha value is -1.45. The van der Waals surface area contributed by atoms with Gasteiger partial charge in [-0.3, -0.25) is 0 Å². The molecule has 5 heteroatoms. The van der Waals surface area contributed by atoms with Crippen LogP contribution in [0.5, 0.6) is 0 Å². The summed E-state index contributed by atoms with van der Waals surface area (Å²) in [6.07, 6.45) is 0. The molecule has 0 aromatic heterocycles. The summed E-state index contributed by atoms with van der Waals surface area (Å²) in [6.45, 7) is 1.99. The summed E-state index contributed by atoms with van der Waals surface area (Å²) >= 11 is 11.9. The van der Waals surface area contributed by atoms with Gasteiger partial charge < -0.3 is 10.2 Å². The van der Waals surface area contributed by atoms with Gasteiger partial charge in [0.1, 0.15) is 5.82 Å². The minimum absolute atomic E-state index is 0.0275. The molecule has 1 unspecified atom stereocenters. The Bertz CT molecular complexity index is 644. The minimum Gasteiger partial charge on any atom is -0.377 e. The predicted molar refractivity (Wildman–Crippen MR) is 89.2 cm³/mol. The standard InChI is InChI=1S/C16H17Cl2FN2/c1-10(11-4-6-14(19)13(18)8-11)20-15-9-12(17)5-7-16(15)21(2)3/h4-10,20H,1-3H3. The van der Waals surface area contributed by atoms with E-state index in [2.05, 4.69) is 5.32 Å². The third-order valence-electron chi connectivity index (χ3n) is 3.26. The van der Waals surface area contributed by atoms with Crippen LogP contribution in [0.3, 0.4) is 0 Å². The van der Waals surface area contributed by atoms with Gasteiger partial charge in [0.25, 0.3) is 0 Å². The van der Waals surface area contributed by atoms with Crippen molar-refractivity contribution in [2.75, 3.05) is 24.3 Å². The maximum Gasteiger partial charge on any atom is 0.141 e. The van der Waals surface area contributed by atoms with Crippen molar-refractivity contribution in [3.8, 4) is 0 Å². The maximum absolute atomic E-state index is 13.2. The van der Waals surface area contributed by atoms with E-state index in [-0.39, 0.29) is 11.1 Å². The van der Waals surface area contributed by atoms with Crippen molar-refractivity contribution in [3.63, 3.8) is 0 Å². The van der Waals surface area contributed by atoms with Gasteiger partial charge >= 0.3 is 0 Å². The lowest BCUT2D eigenvalue weighted by molar-refractivity contribution is 0.627. The number of nitrogens with zero attached hydrogens (tertiary/aromatic N) is 1. The van der Waals surface area contributed by atoms with E-state index >= 15 is 0 Å². The molecule has 0 spiro atoms. The Kier molecular flexibility index (Phi) is 4.96. The van der Waals surface area contributed by atoms with E-state index < -0.39 is 5.82 Å². The number of nitrogens with one attached hydrogen (secondary N) is 1. The molecule has 0 aliphatic rings. The SMILES string of the molecule is CC(Nc1cc(Cl)ccc1N(C)C)c1ccc(F)c(Cl)c1. The van der Waals surface area contributed by atoms with E-state index in [1.54, 1.807) is 12.1 Å². The molecule has 0 saturated carbocycles. The molecule has 0 fully saturated rings. The quantitative estimate of drug-likeness (QED) is 0.812. The third-order valence-corrected chi connectivity index (χ3v) is 3.78. The fourth-order valence-corrected chi connectivity index (χ4v) is 2.47. The highest BCUT2D eigenvalue weighted by Gasteiger charge is 2.12. The van der Waals surface area contributed by atoms with Gasteiger partial charge in [0.15, 0.2) is 0 Å². The zero-order chi connectivity index (χ0) is 15.6. The summed E-state index contributed by atoms with van der Waals surface area (Å²) in [6, 6.07) is 10.4. The lowest BCUT2D eigenvalue weighted by atomic mass is 10.1. The number of hydrogen-bond donors (Lipinski definition) is 1. The maximum atomic E-state index is 13.2. The lowest BCUT2D eigenvalue weighted by Crippen LogP contribution is -2.14. The Morgan fingerprint density at radius 1 is 1.10 bits per heavy atom. The molecule has 0 amide bonds. The first-order chi connectivity index (χ1) is 9.88. The molecule has 0 aliphatic heterocycles. The highest BCUT2D eigenvalue weighted by molar-refractivity contribution is 6.31. The van der Waals surface area contributed by atoms with Crippen LogP contribution < -0.4 is 10.2 Å². The highest BCUT2D eigenvalue weighted by atomic mass is 35.5. The van der Waals surface area contributed by atoms with Gasteiger partial charge in [0, 0.05) is 25.2 Å². The summed E-state index contributed by atoms with van der Waals surface area (Å²) in [5.74, 6) is -0.413. The van der Waals surface area contributed by atoms with Gasteiger partial charge in [-0.05, 0) is 42.8 Å². The van der Waals surface area contributed by atoms with Crippen LogP contribution in [0, 0.1) is 5.82 Å². The molecule has 1 N–H and O–H groups in total. The van der Waals surface area contributed by atoms with Crippen molar-refractivity contribution in [2.45, 2.75) is 13.0 Å². The van der Waals surface area contributed by atoms with Gasteiger partial charge in [-0.2, -0.15) is 0 Å². The first-order valence-electron chi connectivity index (χ1n) is 6.57. The molecule has 2 rings (SSSR count). The molecule has 0 bridgehead atoms. The zero-order valence-corrected chi connectivity index (χ0v) is 13.6. The molecule has 0 heterocycles.